The fourth-order valence-corrected chi connectivity index (χ4v) is 1.95. The molecule has 1 aromatic carbocycles. The van der Waals surface area contributed by atoms with Crippen LogP contribution in [0.1, 0.15) is 45.7 Å². The summed E-state index contributed by atoms with van der Waals surface area (Å²) in [5.74, 6) is 0.444. The normalized spacial score (nSPS) is 15.1. The molecule has 0 saturated carbocycles. The van der Waals surface area contributed by atoms with Gasteiger partial charge in [-0.05, 0) is 37.0 Å². The zero-order valence-corrected chi connectivity index (χ0v) is 10.6. The monoisotopic (exact) mass is 223 g/mol. The standard InChI is InChI=1S/C14H22FN/c1-5-14(10(2)3)16-11(4)12-6-8-13(15)9-7-12/h6-11,14,16H,5H2,1-4H3/t11-,14?/m0/s1. The van der Waals surface area contributed by atoms with Crippen molar-refractivity contribution in [1.82, 2.24) is 5.32 Å². The Kier molecular flexibility index (Phi) is 4.94. The van der Waals surface area contributed by atoms with Crippen LogP contribution >= 0.6 is 0 Å². The first-order chi connectivity index (χ1) is 7.54. The minimum Gasteiger partial charge on any atom is -0.307 e. The lowest BCUT2D eigenvalue weighted by atomic mass is 9.99. The molecular weight excluding hydrogens is 201 g/mol. The topological polar surface area (TPSA) is 12.0 Å². The van der Waals surface area contributed by atoms with E-state index in [-0.39, 0.29) is 11.9 Å². The number of hydrogen-bond donors (Lipinski definition) is 1. The summed E-state index contributed by atoms with van der Waals surface area (Å²) in [6, 6.07) is 7.52. The second-order valence-electron chi connectivity index (χ2n) is 4.70. The Morgan fingerprint density at radius 3 is 2.12 bits per heavy atom. The smallest absolute Gasteiger partial charge is 0.123 e. The summed E-state index contributed by atoms with van der Waals surface area (Å²) in [6.07, 6.45) is 1.11. The van der Waals surface area contributed by atoms with Gasteiger partial charge in [0, 0.05) is 12.1 Å². The van der Waals surface area contributed by atoms with Gasteiger partial charge in [-0.3, -0.25) is 0 Å². The number of halogens is 1. The fourth-order valence-electron chi connectivity index (χ4n) is 1.95. The third kappa shape index (κ3) is 3.60. The van der Waals surface area contributed by atoms with Crippen molar-refractivity contribution < 1.29 is 4.39 Å². The second kappa shape index (κ2) is 6.00. The van der Waals surface area contributed by atoms with Gasteiger partial charge >= 0.3 is 0 Å². The summed E-state index contributed by atoms with van der Waals surface area (Å²) in [5.41, 5.74) is 1.14. The summed E-state index contributed by atoms with van der Waals surface area (Å²) in [7, 11) is 0. The van der Waals surface area contributed by atoms with E-state index in [1.165, 1.54) is 12.1 Å². The van der Waals surface area contributed by atoms with E-state index >= 15 is 0 Å². The first-order valence-electron chi connectivity index (χ1n) is 6.06. The third-order valence-electron chi connectivity index (χ3n) is 3.08. The van der Waals surface area contributed by atoms with Crippen LogP contribution in [0.2, 0.25) is 0 Å². The van der Waals surface area contributed by atoms with Crippen LogP contribution in [0.5, 0.6) is 0 Å². The lowest BCUT2D eigenvalue weighted by molar-refractivity contribution is 0.355. The first-order valence-corrected chi connectivity index (χ1v) is 6.06. The van der Waals surface area contributed by atoms with Gasteiger partial charge < -0.3 is 5.32 Å². The molecule has 2 atom stereocenters. The molecule has 0 fully saturated rings. The van der Waals surface area contributed by atoms with E-state index in [1.54, 1.807) is 0 Å². The Morgan fingerprint density at radius 1 is 1.12 bits per heavy atom. The molecule has 1 N–H and O–H groups in total. The quantitative estimate of drug-likeness (QED) is 0.798. The third-order valence-corrected chi connectivity index (χ3v) is 3.08. The van der Waals surface area contributed by atoms with Gasteiger partial charge in [0.05, 0.1) is 0 Å². The van der Waals surface area contributed by atoms with Crippen LogP contribution < -0.4 is 5.32 Å². The highest BCUT2D eigenvalue weighted by Gasteiger charge is 2.14. The van der Waals surface area contributed by atoms with Gasteiger partial charge in [0.1, 0.15) is 5.82 Å². The summed E-state index contributed by atoms with van der Waals surface area (Å²) >= 11 is 0. The van der Waals surface area contributed by atoms with E-state index in [0.717, 1.165) is 12.0 Å². The van der Waals surface area contributed by atoms with Crippen LogP contribution in [-0.2, 0) is 0 Å². The van der Waals surface area contributed by atoms with Crippen molar-refractivity contribution in [2.75, 3.05) is 0 Å². The number of rotatable bonds is 5. The van der Waals surface area contributed by atoms with Crippen molar-refractivity contribution in [3.05, 3.63) is 35.6 Å². The molecule has 0 aliphatic rings. The minimum atomic E-state index is -0.174. The highest BCUT2D eigenvalue weighted by molar-refractivity contribution is 5.19. The molecule has 0 radical (unpaired) electrons. The first kappa shape index (κ1) is 13.2. The summed E-state index contributed by atoms with van der Waals surface area (Å²) in [6.45, 7) is 8.75. The van der Waals surface area contributed by atoms with Crippen molar-refractivity contribution in [3.63, 3.8) is 0 Å². The molecule has 1 nitrogen and oxygen atoms in total. The summed E-state index contributed by atoms with van der Waals surface area (Å²) < 4.78 is 12.8. The molecule has 0 saturated heterocycles. The minimum absolute atomic E-state index is 0.174. The zero-order valence-electron chi connectivity index (χ0n) is 10.6. The summed E-state index contributed by atoms with van der Waals surface area (Å²) in [5, 5.41) is 3.58. The van der Waals surface area contributed by atoms with E-state index in [0.29, 0.717) is 12.0 Å². The summed E-state index contributed by atoms with van der Waals surface area (Å²) in [4.78, 5) is 0. The molecule has 2 heteroatoms. The Hall–Kier alpha value is -0.890. The molecule has 16 heavy (non-hydrogen) atoms. The van der Waals surface area contributed by atoms with E-state index < -0.39 is 0 Å². The van der Waals surface area contributed by atoms with Crippen LogP contribution in [0.25, 0.3) is 0 Å². The van der Waals surface area contributed by atoms with Crippen molar-refractivity contribution in [2.24, 2.45) is 5.92 Å². The van der Waals surface area contributed by atoms with Crippen LogP contribution in [0.4, 0.5) is 4.39 Å². The lowest BCUT2D eigenvalue weighted by Gasteiger charge is -2.25. The largest absolute Gasteiger partial charge is 0.307 e. The maximum Gasteiger partial charge on any atom is 0.123 e. The van der Waals surface area contributed by atoms with Gasteiger partial charge in [0.25, 0.3) is 0 Å². The van der Waals surface area contributed by atoms with Gasteiger partial charge in [-0.25, -0.2) is 4.39 Å². The van der Waals surface area contributed by atoms with Gasteiger partial charge in [0.2, 0.25) is 0 Å². The molecule has 0 aromatic heterocycles. The Morgan fingerprint density at radius 2 is 1.69 bits per heavy atom. The number of nitrogens with one attached hydrogen (secondary N) is 1. The van der Waals surface area contributed by atoms with Gasteiger partial charge in [0.15, 0.2) is 0 Å². The van der Waals surface area contributed by atoms with Crippen molar-refractivity contribution in [1.29, 1.82) is 0 Å². The zero-order chi connectivity index (χ0) is 12.1. The van der Waals surface area contributed by atoms with E-state index in [4.69, 9.17) is 0 Å². The van der Waals surface area contributed by atoms with Crippen molar-refractivity contribution >= 4 is 0 Å². The molecule has 0 amide bonds. The molecule has 0 bridgehead atoms. The van der Waals surface area contributed by atoms with E-state index in [2.05, 4.69) is 33.0 Å². The Labute approximate surface area is 98.1 Å². The lowest BCUT2D eigenvalue weighted by Crippen LogP contribution is -2.35. The molecule has 0 aliphatic heterocycles. The second-order valence-corrected chi connectivity index (χ2v) is 4.70. The molecule has 0 spiro atoms. The predicted octanol–water partition coefficient (Wildman–Crippen LogP) is 3.91. The van der Waals surface area contributed by atoms with Gasteiger partial charge in [-0.15, -0.1) is 0 Å². The highest BCUT2D eigenvalue weighted by atomic mass is 19.1. The highest BCUT2D eigenvalue weighted by Crippen LogP contribution is 2.16. The number of hydrogen-bond acceptors (Lipinski definition) is 1. The van der Waals surface area contributed by atoms with Crippen LogP contribution in [0.15, 0.2) is 24.3 Å². The van der Waals surface area contributed by atoms with Crippen LogP contribution in [0.3, 0.4) is 0 Å². The predicted molar refractivity (Wildman–Crippen MR) is 66.9 cm³/mol. The maximum absolute atomic E-state index is 12.8. The van der Waals surface area contributed by atoms with Gasteiger partial charge in [-0.1, -0.05) is 32.9 Å². The van der Waals surface area contributed by atoms with E-state index in [9.17, 15) is 4.39 Å². The molecule has 0 heterocycles. The SMILES string of the molecule is CCC(N[C@@H](C)c1ccc(F)cc1)C(C)C. The van der Waals surface area contributed by atoms with Gasteiger partial charge in [-0.2, -0.15) is 0 Å². The molecule has 1 aromatic rings. The fraction of sp³-hybridized carbons (Fsp3) is 0.571. The molecular formula is C14H22FN. The molecule has 1 rings (SSSR count). The van der Waals surface area contributed by atoms with Crippen LogP contribution in [-0.4, -0.2) is 6.04 Å². The average Bonchev–Trinajstić information content (AvgIpc) is 2.26. The Bertz CT molecular complexity index is 305. The average molecular weight is 223 g/mol. The molecule has 1 unspecified atom stereocenters. The van der Waals surface area contributed by atoms with Crippen LogP contribution in [0, 0.1) is 11.7 Å². The molecule has 0 aliphatic carbocycles. The van der Waals surface area contributed by atoms with Crippen molar-refractivity contribution in [3.8, 4) is 0 Å². The maximum atomic E-state index is 12.8. The molecule has 90 valence electrons. The van der Waals surface area contributed by atoms with Crippen molar-refractivity contribution in [2.45, 2.75) is 46.2 Å². The Balaban J connectivity index is 2.64. The number of benzene rings is 1. The van der Waals surface area contributed by atoms with E-state index in [1.807, 2.05) is 12.1 Å².